The van der Waals surface area contributed by atoms with Crippen molar-refractivity contribution in [3.05, 3.63) is 53.4 Å². The predicted molar refractivity (Wildman–Crippen MR) is 121 cm³/mol. The van der Waals surface area contributed by atoms with Crippen LogP contribution in [0.2, 0.25) is 0 Å². The average molecular weight is 436 g/mol. The van der Waals surface area contributed by atoms with E-state index in [-0.39, 0.29) is 11.6 Å². The van der Waals surface area contributed by atoms with Crippen LogP contribution >= 0.6 is 0 Å². The maximum atomic E-state index is 15.3. The van der Waals surface area contributed by atoms with Gasteiger partial charge < -0.3 is 19.9 Å². The minimum Gasteiger partial charge on any atom is -0.447 e. The molecule has 1 unspecified atom stereocenters. The fourth-order valence-corrected chi connectivity index (χ4v) is 4.45. The summed E-state index contributed by atoms with van der Waals surface area (Å²) in [4.78, 5) is 12.0. The number of aromatic amines is 2. The zero-order valence-corrected chi connectivity index (χ0v) is 17.9. The molecule has 9 heteroatoms. The van der Waals surface area contributed by atoms with E-state index in [1.165, 1.54) is 12.8 Å². The molecule has 1 aliphatic carbocycles. The Labute approximate surface area is 185 Å². The molecule has 2 aliphatic heterocycles. The second-order valence-electron chi connectivity index (χ2n) is 8.62. The number of benzene rings is 1. The van der Waals surface area contributed by atoms with Gasteiger partial charge in [0.1, 0.15) is 5.82 Å². The van der Waals surface area contributed by atoms with Crippen LogP contribution in [-0.4, -0.2) is 58.8 Å². The molecule has 1 saturated heterocycles. The lowest BCUT2D eigenvalue weighted by Crippen LogP contribution is -2.51. The number of aliphatic imine (C=N–C) groups is 1. The van der Waals surface area contributed by atoms with Crippen LogP contribution in [0.4, 0.5) is 10.2 Å². The molecule has 32 heavy (non-hydrogen) atoms. The molecule has 0 spiro atoms. The molecule has 166 valence electrons. The number of rotatable bonds is 5. The molecular formula is C23H26FN7O. The van der Waals surface area contributed by atoms with Gasteiger partial charge in [-0.2, -0.15) is 5.10 Å². The highest BCUT2D eigenvalue weighted by molar-refractivity contribution is 5.83. The first-order valence-electron chi connectivity index (χ1n) is 11.2. The smallest absolute Gasteiger partial charge is 0.277 e. The molecule has 4 heterocycles. The van der Waals surface area contributed by atoms with E-state index in [9.17, 15) is 0 Å². The van der Waals surface area contributed by atoms with Gasteiger partial charge in [-0.3, -0.25) is 10.00 Å². The number of fused-ring (bicyclic) bond motifs is 1. The molecule has 6 rings (SSSR count). The Morgan fingerprint density at radius 3 is 2.81 bits per heavy atom. The average Bonchev–Trinajstić information content (AvgIpc) is 3.42. The predicted octanol–water partition coefficient (Wildman–Crippen LogP) is 3.22. The van der Waals surface area contributed by atoms with Gasteiger partial charge in [-0.05, 0) is 44.0 Å². The van der Waals surface area contributed by atoms with E-state index in [0.717, 1.165) is 54.7 Å². The highest BCUT2D eigenvalue weighted by atomic mass is 19.1. The van der Waals surface area contributed by atoms with Crippen LogP contribution in [0.3, 0.4) is 0 Å². The summed E-state index contributed by atoms with van der Waals surface area (Å²) in [5.74, 6) is 2.02. The van der Waals surface area contributed by atoms with Crippen LogP contribution in [-0.2, 0) is 0 Å². The molecule has 3 N–H and O–H groups in total. The number of aromatic nitrogens is 3. The zero-order valence-electron chi connectivity index (χ0n) is 17.9. The Morgan fingerprint density at radius 1 is 1.16 bits per heavy atom. The normalized spacial score (nSPS) is 21.3. The molecule has 0 bridgehead atoms. The molecule has 8 nitrogen and oxygen atoms in total. The third kappa shape index (κ3) is 3.42. The zero-order chi connectivity index (χ0) is 21.7. The van der Waals surface area contributed by atoms with E-state index in [1.54, 1.807) is 18.3 Å². The summed E-state index contributed by atoms with van der Waals surface area (Å²) in [6.45, 7) is 5.45. The number of anilines is 1. The van der Waals surface area contributed by atoms with Gasteiger partial charge in [-0.15, -0.1) is 0 Å². The summed E-state index contributed by atoms with van der Waals surface area (Å²) in [5, 5.41) is 11.7. The van der Waals surface area contributed by atoms with E-state index < -0.39 is 6.35 Å². The van der Waals surface area contributed by atoms with E-state index in [0.29, 0.717) is 11.3 Å². The Balaban J connectivity index is 1.36. The van der Waals surface area contributed by atoms with Crippen LogP contribution in [0.1, 0.15) is 30.1 Å². The number of hydrogen-bond acceptors (Lipinski definition) is 6. The summed E-state index contributed by atoms with van der Waals surface area (Å²) in [6.07, 6.45) is 5.32. The molecule has 2 aromatic heterocycles. The number of halogens is 1. The molecule has 0 radical (unpaired) electrons. The number of aryl methyl sites for hydroxylation is 1. The van der Waals surface area contributed by atoms with Gasteiger partial charge in [0.25, 0.3) is 6.35 Å². The number of allylic oxidation sites excluding steroid dienone is 1. The van der Waals surface area contributed by atoms with Crippen molar-refractivity contribution in [1.29, 1.82) is 0 Å². The van der Waals surface area contributed by atoms with E-state index >= 15 is 4.39 Å². The molecule has 0 amide bonds. The molecule has 2 fully saturated rings. The number of ether oxygens (including phenoxy) is 1. The topological polar surface area (TPSA) is 84.6 Å². The van der Waals surface area contributed by atoms with Crippen molar-refractivity contribution in [3.63, 3.8) is 0 Å². The lowest BCUT2D eigenvalue weighted by Gasteiger charge is -2.40. The maximum Gasteiger partial charge on any atom is 0.277 e. The van der Waals surface area contributed by atoms with E-state index in [1.807, 2.05) is 24.0 Å². The fourth-order valence-electron chi connectivity index (χ4n) is 4.45. The summed E-state index contributed by atoms with van der Waals surface area (Å²) in [5.41, 5.74) is 2.78. The van der Waals surface area contributed by atoms with Crippen LogP contribution in [0.5, 0.6) is 5.75 Å². The minimum absolute atomic E-state index is 0.170. The van der Waals surface area contributed by atoms with Crippen LogP contribution < -0.4 is 15.0 Å². The SMILES string of the molecule is Cc1cc2c(F)c(OC3N=CC=C(N4CCNCC4)N3c3cc(C4CC4)[nH]n3)ccc2[nH]1. The molecule has 3 aliphatic rings. The molecule has 3 aromatic rings. The highest BCUT2D eigenvalue weighted by Crippen LogP contribution is 2.41. The van der Waals surface area contributed by atoms with Crippen molar-refractivity contribution in [2.75, 3.05) is 31.1 Å². The largest absolute Gasteiger partial charge is 0.447 e. The monoisotopic (exact) mass is 435 g/mol. The van der Waals surface area contributed by atoms with Gasteiger partial charge in [0.15, 0.2) is 17.4 Å². The number of piperazine rings is 1. The molecular weight excluding hydrogens is 409 g/mol. The quantitative estimate of drug-likeness (QED) is 0.573. The van der Waals surface area contributed by atoms with E-state index in [2.05, 4.69) is 36.5 Å². The second kappa shape index (κ2) is 7.67. The van der Waals surface area contributed by atoms with Crippen molar-refractivity contribution in [2.45, 2.75) is 32.0 Å². The van der Waals surface area contributed by atoms with Crippen molar-refractivity contribution in [1.82, 2.24) is 25.4 Å². The Bertz CT molecular complexity index is 1200. The number of hydrogen-bond donors (Lipinski definition) is 3. The van der Waals surface area contributed by atoms with E-state index in [4.69, 9.17) is 4.74 Å². The first-order chi connectivity index (χ1) is 15.7. The highest BCUT2D eigenvalue weighted by Gasteiger charge is 2.34. The molecule has 1 saturated carbocycles. The molecule has 1 aromatic carbocycles. The first kappa shape index (κ1) is 19.4. The van der Waals surface area contributed by atoms with Crippen molar-refractivity contribution >= 4 is 22.9 Å². The third-order valence-corrected chi connectivity index (χ3v) is 6.26. The van der Waals surface area contributed by atoms with Crippen LogP contribution in [0.25, 0.3) is 10.9 Å². The minimum atomic E-state index is -0.757. The van der Waals surface area contributed by atoms with Crippen LogP contribution in [0, 0.1) is 12.7 Å². The lowest BCUT2D eigenvalue weighted by atomic mass is 10.2. The Kier molecular flexibility index (Phi) is 4.64. The summed E-state index contributed by atoms with van der Waals surface area (Å²) in [7, 11) is 0. The van der Waals surface area contributed by atoms with Gasteiger partial charge in [0, 0.05) is 66.7 Å². The number of nitrogens with zero attached hydrogens (tertiary/aromatic N) is 4. The Hall–Kier alpha value is -3.33. The van der Waals surface area contributed by atoms with Crippen molar-refractivity contribution in [3.8, 4) is 5.75 Å². The van der Waals surface area contributed by atoms with Gasteiger partial charge in [0.2, 0.25) is 0 Å². The molecule has 1 atom stereocenters. The van der Waals surface area contributed by atoms with Gasteiger partial charge in [-0.25, -0.2) is 9.38 Å². The lowest BCUT2D eigenvalue weighted by molar-refractivity contribution is 0.182. The number of nitrogens with one attached hydrogen (secondary N) is 3. The van der Waals surface area contributed by atoms with Gasteiger partial charge >= 0.3 is 0 Å². The Morgan fingerprint density at radius 2 is 2.00 bits per heavy atom. The summed E-state index contributed by atoms with van der Waals surface area (Å²) < 4.78 is 21.4. The summed E-state index contributed by atoms with van der Waals surface area (Å²) >= 11 is 0. The standard InChI is InChI=1S/C23H26FN7O/c1-14-12-16-17(27-14)4-5-19(22(16)24)32-23-26-7-6-21(30-10-8-25-9-11-30)31(23)20-13-18(28-29-20)15-2-3-15/h4-7,12-13,15,23,25,27H,2-3,8-11H2,1H3,(H,28,29). The fraction of sp³-hybridized carbons (Fsp3) is 0.391. The van der Waals surface area contributed by atoms with Gasteiger partial charge in [-0.1, -0.05) is 0 Å². The second-order valence-corrected chi connectivity index (χ2v) is 8.62. The third-order valence-electron chi connectivity index (χ3n) is 6.26. The summed E-state index contributed by atoms with van der Waals surface area (Å²) in [6, 6.07) is 7.36. The van der Waals surface area contributed by atoms with Crippen LogP contribution in [0.15, 0.2) is 41.2 Å². The maximum absolute atomic E-state index is 15.3. The first-order valence-corrected chi connectivity index (χ1v) is 11.2. The number of H-pyrrole nitrogens is 2. The van der Waals surface area contributed by atoms with Gasteiger partial charge in [0.05, 0.1) is 0 Å². The van der Waals surface area contributed by atoms with Crippen molar-refractivity contribution < 1.29 is 9.13 Å². The van der Waals surface area contributed by atoms with Crippen molar-refractivity contribution in [2.24, 2.45) is 4.99 Å².